The van der Waals surface area contributed by atoms with Crippen LogP contribution in [0.4, 0.5) is 0 Å². The zero-order chi connectivity index (χ0) is 11.6. The van der Waals surface area contributed by atoms with Crippen molar-refractivity contribution in [2.45, 2.75) is 18.0 Å². The van der Waals surface area contributed by atoms with E-state index in [9.17, 15) is 0 Å². The van der Waals surface area contributed by atoms with Crippen molar-refractivity contribution in [2.75, 3.05) is 27.3 Å². The molecule has 3 heteroatoms. The number of hydrogen-bond acceptors (Lipinski definition) is 3. The molecule has 1 aromatic rings. The maximum atomic E-state index is 6.41. The molecule has 0 radical (unpaired) electrons. The van der Waals surface area contributed by atoms with Crippen molar-refractivity contribution in [1.82, 2.24) is 4.90 Å². The van der Waals surface area contributed by atoms with Crippen molar-refractivity contribution in [3.63, 3.8) is 0 Å². The maximum Gasteiger partial charge on any atom is 0.0669 e. The Labute approximate surface area is 97.2 Å². The average molecular weight is 220 g/mol. The predicted molar refractivity (Wildman–Crippen MR) is 65.2 cm³/mol. The summed E-state index contributed by atoms with van der Waals surface area (Å²) in [6.07, 6.45) is 0.996. The van der Waals surface area contributed by atoms with Gasteiger partial charge in [-0.25, -0.2) is 0 Å². The lowest BCUT2D eigenvalue weighted by Gasteiger charge is -2.40. The molecule has 2 atom stereocenters. The summed E-state index contributed by atoms with van der Waals surface area (Å²) in [6, 6.07) is 10.3. The highest BCUT2D eigenvalue weighted by Crippen LogP contribution is 2.35. The molecule has 0 spiro atoms. The van der Waals surface area contributed by atoms with Crippen molar-refractivity contribution in [1.29, 1.82) is 0 Å². The van der Waals surface area contributed by atoms with Crippen LogP contribution < -0.4 is 5.73 Å². The fourth-order valence-corrected chi connectivity index (χ4v) is 2.42. The maximum absolute atomic E-state index is 6.41. The Hall–Kier alpha value is -0.900. The zero-order valence-corrected chi connectivity index (χ0v) is 10.0. The van der Waals surface area contributed by atoms with E-state index in [0.29, 0.717) is 0 Å². The molecule has 16 heavy (non-hydrogen) atoms. The third-order valence-electron chi connectivity index (χ3n) is 3.66. The second-order valence-electron chi connectivity index (χ2n) is 4.69. The summed E-state index contributed by atoms with van der Waals surface area (Å²) in [5.41, 5.74) is 7.54. The second-order valence-corrected chi connectivity index (χ2v) is 4.69. The fourth-order valence-electron chi connectivity index (χ4n) is 2.42. The number of likely N-dealkylation sites (N-methyl/N-ethyl adjacent to an activating group) is 1. The lowest BCUT2D eigenvalue weighted by Crippen LogP contribution is -2.52. The van der Waals surface area contributed by atoms with Crippen LogP contribution in [0.1, 0.15) is 18.0 Å². The van der Waals surface area contributed by atoms with E-state index in [0.717, 1.165) is 19.6 Å². The lowest BCUT2D eigenvalue weighted by molar-refractivity contribution is 0.0854. The van der Waals surface area contributed by atoms with Gasteiger partial charge in [0.05, 0.1) is 18.2 Å². The first kappa shape index (κ1) is 11.6. The Kier molecular flexibility index (Phi) is 3.28. The first-order valence-corrected chi connectivity index (χ1v) is 5.72. The molecule has 1 aliphatic rings. The number of benzene rings is 1. The molecule has 1 aromatic carbocycles. The topological polar surface area (TPSA) is 38.5 Å². The quantitative estimate of drug-likeness (QED) is 0.837. The van der Waals surface area contributed by atoms with E-state index < -0.39 is 0 Å². The Bertz CT molecular complexity index is 331. The number of ether oxygens (including phenoxy) is 1. The lowest BCUT2D eigenvalue weighted by atomic mass is 9.84. The van der Waals surface area contributed by atoms with E-state index in [1.165, 1.54) is 5.56 Å². The second kappa shape index (κ2) is 4.53. The van der Waals surface area contributed by atoms with Crippen LogP contribution in [0.3, 0.4) is 0 Å². The molecular weight excluding hydrogens is 200 g/mol. The molecule has 2 N–H and O–H groups in total. The van der Waals surface area contributed by atoms with Gasteiger partial charge in [-0.15, -0.1) is 0 Å². The third kappa shape index (κ3) is 1.86. The van der Waals surface area contributed by atoms with Crippen LogP contribution in [0.5, 0.6) is 0 Å². The summed E-state index contributed by atoms with van der Waals surface area (Å²) in [7, 11) is 4.16. The summed E-state index contributed by atoms with van der Waals surface area (Å²) in [4.78, 5) is 2.21. The molecule has 0 unspecified atom stereocenters. The van der Waals surface area contributed by atoms with E-state index in [1.807, 2.05) is 18.2 Å². The van der Waals surface area contributed by atoms with Gasteiger partial charge in [0.1, 0.15) is 0 Å². The first-order valence-electron chi connectivity index (χ1n) is 5.72. The molecule has 0 amide bonds. The van der Waals surface area contributed by atoms with Crippen molar-refractivity contribution >= 4 is 0 Å². The predicted octanol–water partition coefficient (Wildman–Crippen LogP) is 1.41. The van der Waals surface area contributed by atoms with Crippen LogP contribution in [0.25, 0.3) is 0 Å². The number of nitrogens with two attached hydrogens (primary N) is 1. The van der Waals surface area contributed by atoms with Crippen molar-refractivity contribution < 1.29 is 4.74 Å². The molecule has 2 rings (SSSR count). The van der Waals surface area contributed by atoms with Crippen LogP contribution in [-0.4, -0.2) is 37.7 Å². The number of hydrogen-bond donors (Lipinski definition) is 1. The molecule has 88 valence electrons. The zero-order valence-electron chi connectivity index (χ0n) is 10.0. The summed E-state index contributed by atoms with van der Waals surface area (Å²) in [5, 5.41) is 0. The van der Waals surface area contributed by atoms with Crippen molar-refractivity contribution in [3.05, 3.63) is 35.9 Å². The monoisotopic (exact) mass is 220 g/mol. The first-order chi connectivity index (χ1) is 7.67. The van der Waals surface area contributed by atoms with Gasteiger partial charge in [-0.1, -0.05) is 30.3 Å². The van der Waals surface area contributed by atoms with Gasteiger partial charge in [0.2, 0.25) is 0 Å². The van der Waals surface area contributed by atoms with E-state index in [4.69, 9.17) is 10.5 Å². The SMILES string of the molecule is CN(C)[C@]1([C@@H](N)c2ccccc2)CCOC1. The standard InChI is InChI=1S/C13H20N2O/c1-15(2)13(8-9-16-10-13)12(14)11-6-4-3-5-7-11/h3-7,12H,8-10,14H2,1-2H3/t12-,13+/m0/s1. The fraction of sp³-hybridized carbons (Fsp3) is 0.538. The van der Waals surface area contributed by atoms with Crippen LogP contribution in [0.2, 0.25) is 0 Å². The number of rotatable bonds is 3. The minimum atomic E-state index is -0.0542. The largest absolute Gasteiger partial charge is 0.379 e. The summed E-state index contributed by atoms with van der Waals surface area (Å²) in [5.74, 6) is 0. The molecule has 0 aliphatic carbocycles. The third-order valence-corrected chi connectivity index (χ3v) is 3.66. The van der Waals surface area contributed by atoms with E-state index in [1.54, 1.807) is 0 Å². The molecule has 1 saturated heterocycles. The van der Waals surface area contributed by atoms with Crippen molar-refractivity contribution in [3.8, 4) is 0 Å². The van der Waals surface area contributed by atoms with Crippen LogP contribution >= 0.6 is 0 Å². The molecule has 0 saturated carbocycles. The van der Waals surface area contributed by atoms with Gasteiger partial charge in [0.15, 0.2) is 0 Å². The van der Waals surface area contributed by atoms with Gasteiger partial charge in [-0.2, -0.15) is 0 Å². The normalized spacial score (nSPS) is 27.2. The summed E-state index contributed by atoms with van der Waals surface area (Å²) < 4.78 is 5.54. The van der Waals surface area contributed by atoms with Gasteiger partial charge >= 0.3 is 0 Å². The van der Waals surface area contributed by atoms with Crippen LogP contribution in [0.15, 0.2) is 30.3 Å². The molecule has 3 nitrogen and oxygen atoms in total. The van der Waals surface area contributed by atoms with Crippen LogP contribution in [0, 0.1) is 0 Å². The Morgan fingerprint density at radius 1 is 1.31 bits per heavy atom. The minimum absolute atomic E-state index is 0.00574. The minimum Gasteiger partial charge on any atom is -0.379 e. The van der Waals surface area contributed by atoms with Crippen molar-refractivity contribution in [2.24, 2.45) is 5.73 Å². The molecule has 1 heterocycles. The highest BCUT2D eigenvalue weighted by atomic mass is 16.5. The molecule has 0 aromatic heterocycles. The average Bonchev–Trinajstić information content (AvgIpc) is 2.79. The molecule has 0 bridgehead atoms. The molecule has 1 fully saturated rings. The molecular formula is C13H20N2O. The van der Waals surface area contributed by atoms with Gasteiger partial charge in [-0.3, -0.25) is 4.90 Å². The highest BCUT2D eigenvalue weighted by Gasteiger charge is 2.43. The highest BCUT2D eigenvalue weighted by molar-refractivity contribution is 5.23. The van der Waals surface area contributed by atoms with E-state index in [2.05, 4.69) is 31.1 Å². The van der Waals surface area contributed by atoms with Gasteiger partial charge < -0.3 is 10.5 Å². The molecule has 1 aliphatic heterocycles. The summed E-state index contributed by atoms with van der Waals surface area (Å²) >= 11 is 0. The summed E-state index contributed by atoms with van der Waals surface area (Å²) in [6.45, 7) is 1.52. The van der Waals surface area contributed by atoms with Gasteiger partial charge in [0.25, 0.3) is 0 Å². The Balaban J connectivity index is 2.28. The Morgan fingerprint density at radius 3 is 2.50 bits per heavy atom. The van der Waals surface area contributed by atoms with Gasteiger partial charge in [-0.05, 0) is 26.1 Å². The Morgan fingerprint density at radius 2 is 2.00 bits per heavy atom. The van der Waals surface area contributed by atoms with E-state index >= 15 is 0 Å². The van der Waals surface area contributed by atoms with Gasteiger partial charge in [0, 0.05) is 6.61 Å². The van der Waals surface area contributed by atoms with E-state index in [-0.39, 0.29) is 11.6 Å². The van der Waals surface area contributed by atoms with Crippen LogP contribution in [-0.2, 0) is 4.74 Å². The number of nitrogens with zero attached hydrogens (tertiary/aromatic N) is 1. The smallest absolute Gasteiger partial charge is 0.0669 e.